The number of benzene rings is 1. The molecule has 0 aliphatic heterocycles. The summed E-state index contributed by atoms with van der Waals surface area (Å²) in [5.74, 6) is 0.657. The number of phenols is 1. The predicted octanol–water partition coefficient (Wildman–Crippen LogP) is 2.09. The highest BCUT2D eigenvalue weighted by atomic mass is 16.5. The lowest BCUT2D eigenvalue weighted by molar-refractivity contribution is 0.373. The molecular formula is C14H16N2O2. The zero-order chi connectivity index (χ0) is 12.8. The second-order valence-corrected chi connectivity index (χ2v) is 3.97. The molecule has 2 N–H and O–H groups in total. The Morgan fingerprint density at radius 2 is 2.06 bits per heavy atom. The molecule has 1 aromatic carbocycles. The van der Waals surface area contributed by atoms with Crippen LogP contribution in [0, 0.1) is 0 Å². The molecule has 0 spiro atoms. The fourth-order valence-corrected chi connectivity index (χ4v) is 1.70. The summed E-state index contributed by atoms with van der Waals surface area (Å²) >= 11 is 0. The maximum atomic E-state index is 9.64. The summed E-state index contributed by atoms with van der Waals surface area (Å²) < 4.78 is 5.00. The van der Waals surface area contributed by atoms with Crippen molar-refractivity contribution >= 4 is 0 Å². The number of rotatable bonds is 5. The topological polar surface area (TPSA) is 54.4 Å². The summed E-state index contributed by atoms with van der Waals surface area (Å²) in [5.41, 5.74) is 2.15. The SMILES string of the molecule is COc1ccc(CNCc2cccnc2)cc1O. The zero-order valence-electron chi connectivity index (χ0n) is 10.3. The van der Waals surface area contributed by atoms with Crippen molar-refractivity contribution in [2.45, 2.75) is 13.1 Å². The Labute approximate surface area is 106 Å². The van der Waals surface area contributed by atoms with Crippen LogP contribution in [0.1, 0.15) is 11.1 Å². The molecule has 0 amide bonds. The van der Waals surface area contributed by atoms with Gasteiger partial charge in [0, 0.05) is 25.5 Å². The Hall–Kier alpha value is -2.07. The number of nitrogens with one attached hydrogen (secondary N) is 1. The van der Waals surface area contributed by atoms with Crippen LogP contribution in [0.4, 0.5) is 0 Å². The fourth-order valence-electron chi connectivity index (χ4n) is 1.70. The summed E-state index contributed by atoms with van der Waals surface area (Å²) in [7, 11) is 1.54. The van der Waals surface area contributed by atoms with E-state index < -0.39 is 0 Å². The van der Waals surface area contributed by atoms with Gasteiger partial charge in [-0.15, -0.1) is 0 Å². The van der Waals surface area contributed by atoms with Crippen LogP contribution in [0.25, 0.3) is 0 Å². The van der Waals surface area contributed by atoms with E-state index in [2.05, 4.69) is 10.3 Å². The summed E-state index contributed by atoms with van der Waals surface area (Å²) in [4.78, 5) is 4.05. The van der Waals surface area contributed by atoms with Crippen molar-refractivity contribution in [3.63, 3.8) is 0 Å². The summed E-state index contributed by atoms with van der Waals surface area (Å²) in [6.45, 7) is 1.44. The van der Waals surface area contributed by atoms with Gasteiger partial charge in [0.1, 0.15) is 0 Å². The van der Waals surface area contributed by atoms with E-state index >= 15 is 0 Å². The van der Waals surface area contributed by atoms with Crippen molar-refractivity contribution in [2.24, 2.45) is 0 Å². The molecule has 0 bridgehead atoms. The average molecular weight is 244 g/mol. The molecule has 4 nitrogen and oxygen atoms in total. The van der Waals surface area contributed by atoms with Crippen molar-refractivity contribution in [1.82, 2.24) is 10.3 Å². The minimum Gasteiger partial charge on any atom is -0.504 e. The van der Waals surface area contributed by atoms with Gasteiger partial charge in [0.2, 0.25) is 0 Å². The Bertz CT molecular complexity index is 500. The lowest BCUT2D eigenvalue weighted by Crippen LogP contribution is -2.12. The lowest BCUT2D eigenvalue weighted by atomic mass is 10.2. The molecular weight excluding hydrogens is 228 g/mol. The molecule has 1 aromatic heterocycles. The Morgan fingerprint density at radius 1 is 1.22 bits per heavy atom. The maximum absolute atomic E-state index is 9.64. The molecule has 94 valence electrons. The third-order valence-corrected chi connectivity index (χ3v) is 2.62. The number of methoxy groups -OCH3 is 1. The average Bonchev–Trinajstić information content (AvgIpc) is 2.40. The second kappa shape index (κ2) is 6.02. The monoisotopic (exact) mass is 244 g/mol. The Kier molecular flexibility index (Phi) is 4.15. The minimum absolute atomic E-state index is 0.165. The molecule has 2 rings (SSSR count). The van der Waals surface area contributed by atoms with Gasteiger partial charge in [0.25, 0.3) is 0 Å². The van der Waals surface area contributed by atoms with E-state index in [0.29, 0.717) is 12.3 Å². The molecule has 1 heterocycles. The number of ether oxygens (including phenoxy) is 1. The minimum atomic E-state index is 0.165. The number of pyridine rings is 1. The first kappa shape index (κ1) is 12.4. The number of phenolic OH excluding ortho intramolecular Hbond substituents is 1. The molecule has 0 aliphatic rings. The molecule has 0 saturated carbocycles. The van der Waals surface area contributed by atoms with Gasteiger partial charge >= 0.3 is 0 Å². The van der Waals surface area contributed by atoms with Crippen LogP contribution in [0.3, 0.4) is 0 Å². The van der Waals surface area contributed by atoms with Crippen molar-refractivity contribution in [3.05, 3.63) is 53.9 Å². The molecule has 0 saturated heterocycles. The van der Waals surface area contributed by atoms with E-state index in [4.69, 9.17) is 4.74 Å². The number of aromatic nitrogens is 1. The lowest BCUT2D eigenvalue weighted by Gasteiger charge is -2.07. The van der Waals surface area contributed by atoms with Crippen molar-refractivity contribution in [2.75, 3.05) is 7.11 Å². The third kappa shape index (κ3) is 3.21. The van der Waals surface area contributed by atoms with E-state index in [1.54, 1.807) is 18.3 Å². The van der Waals surface area contributed by atoms with Gasteiger partial charge in [-0.3, -0.25) is 4.98 Å². The van der Waals surface area contributed by atoms with Gasteiger partial charge in [0.05, 0.1) is 7.11 Å². The standard InChI is InChI=1S/C14H16N2O2/c1-18-14-5-4-11(7-13(14)17)8-16-10-12-3-2-6-15-9-12/h2-7,9,16-17H,8,10H2,1H3. The molecule has 18 heavy (non-hydrogen) atoms. The molecule has 0 fully saturated rings. The fraction of sp³-hybridized carbons (Fsp3) is 0.214. The van der Waals surface area contributed by atoms with Crippen LogP contribution in [0.15, 0.2) is 42.7 Å². The van der Waals surface area contributed by atoms with Crippen LogP contribution in [0.2, 0.25) is 0 Å². The van der Waals surface area contributed by atoms with Crippen LogP contribution in [0.5, 0.6) is 11.5 Å². The normalized spacial score (nSPS) is 10.3. The van der Waals surface area contributed by atoms with Crippen molar-refractivity contribution in [3.8, 4) is 11.5 Å². The summed E-state index contributed by atoms with van der Waals surface area (Å²) in [6.07, 6.45) is 3.59. The smallest absolute Gasteiger partial charge is 0.160 e. The van der Waals surface area contributed by atoms with Gasteiger partial charge in [-0.05, 0) is 29.3 Å². The largest absolute Gasteiger partial charge is 0.504 e. The quantitative estimate of drug-likeness (QED) is 0.845. The van der Waals surface area contributed by atoms with Gasteiger partial charge in [0.15, 0.2) is 11.5 Å². The van der Waals surface area contributed by atoms with E-state index in [9.17, 15) is 5.11 Å². The zero-order valence-corrected chi connectivity index (χ0v) is 10.3. The number of nitrogens with zero attached hydrogens (tertiary/aromatic N) is 1. The van der Waals surface area contributed by atoms with Crippen LogP contribution < -0.4 is 10.1 Å². The van der Waals surface area contributed by atoms with Crippen LogP contribution in [-0.4, -0.2) is 17.2 Å². The summed E-state index contributed by atoms with van der Waals surface area (Å²) in [6, 6.07) is 9.32. The second-order valence-electron chi connectivity index (χ2n) is 3.97. The van der Waals surface area contributed by atoms with E-state index in [-0.39, 0.29) is 5.75 Å². The van der Waals surface area contributed by atoms with Crippen molar-refractivity contribution in [1.29, 1.82) is 0 Å². The third-order valence-electron chi connectivity index (χ3n) is 2.62. The molecule has 4 heteroatoms. The van der Waals surface area contributed by atoms with E-state index in [1.165, 1.54) is 7.11 Å². The highest BCUT2D eigenvalue weighted by Gasteiger charge is 2.02. The highest BCUT2D eigenvalue weighted by Crippen LogP contribution is 2.26. The molecule has 0 atom stereocenters. The van der Waals surface area contributed by atoms with E-state index in [0.717, 1.165) is 17.7 Å². The van der Waals surface area contributed by atoms with E-state index in [1.807, 2.05) is 24.4 Å². The predicted molar refractivity (Wildman–Crippen MR) is 69.4 cm³/mol. The van der Waals surface area contributed by atoms with Crippen LogP contribution >= 0.6 is 0 Å². The van der Waals surface area contributed by atoms with Crippen LogP contribution in [-0.2, 0) is 13.1 Å². The Morgan fingerprint density at radius 3 is 2.72 bits per heavy atom. The number of aromatic hydroxyl groups is 1. The summed E-state index contributed by atoms with van der Waals surface area (Å²) in [5, 5.41) is 12.9. The van der Waals surface area contributed by atoms with Crippen molar-refractivity contribution < 1.29 is 9.84 Å². The van der Waals surface area contributed by atoms with Gasteiger partial charge < -0.3 is 15.2 Å². The maximum Gasteiger partial charge on any atom is 0.160 e. The molecule has 0 radical (unpaired) electrons. The first-order chi connectivity index (χ1) is 8.79. The number of hydrogen-bond donors (Lipinski definition) is 2. The Balaban J connectivity index is 1.89. The van der Waals surface area contributed by atoms with Gasteiger partial charge in [-0.25, -0.2) is 0 Å². The molecule has 2 aromatic rings. The van der Waals surface area contributed by atoms with Gasteiger partial charge in [-0.2, -0.15) is 0 Å². The first-order valence-corrected chi connectivity index (χ1v) is 5.75. The number of hydrogen-bond acceptors (Lipinski definition) is 4. The molecule has 0 unspecified atom stereocenters. The van der Waals surface area contributed by atoms with Gasteiger partial charge in [-0.1, -0.05) is 12.1 Å². The molecule has 0 aliphatic carbocycles. The highest BCUT2D eigenvalue weighted by molar-refractivity contribution is 5.41. The first-order valence-electron chi connectivity index (χ1n) is 5.75.